The Labute approximate surface area is 104 Å². The van der Waals surface area contributed by atoms with Crippen molar-refractivity contribution in [2.45, 2.75) is 19.9 Å². The molecule has 3 rings (SSSR count). The van der Waals surface area contributed by atoms with Crippen LogP contribution in [0.15, 0.2) is 24.3 Å². The molecule has 0 amide bonds. The molecule has 0 aromatic heterocycles. The Kier molecular flexibility index (Phi) is 2.93. The van der Waals surface area contributed by atoms with Crippen molar-refractivity contribution in [3.63, 3.8) is 0 Å². The Morgan fingerprint density at radius 3 is 2.59 bits per heavy atom. The third-order valence-electron chi connectivity index (χ3n) is 4.49. The number of nitrogens with zero attached hydrogens (tertiary/aromatic N) is 1. The van der Waals surface area contributed by atoms with Gasteiger partial charge in [0.15, 0.2) is 0 Å². The zero-order chi connectivity index (χ0) is 11.8. The first-order chi connectivity index (χ1) is 8.24. The molecule has 2 heteroatoms. The average Bonchev–Trinajstić information content (AvgIpc) is 2.88. The average molecular weight is 230 g/mol. The highest BCUT2D eigenvalue weighted by Gasteiger charge is 2.37. The quantitative estimate of drug-likeness (QED) is 0.838. The van der Waals surface area contributed by atoms with Crippen LogP contribution in [0.5, 0.6) is 0 Å². The van der Waals surface area contributed by atoms with Gasteiger partial charge in [0.25, 0.3) is 0 Å². The van der Waals surface area contributed by atoms with Crippen LogP contribution >= 0.6 is 0 Å². The summed E-state index contributed by atoms with van der Waals surface area (Å²) in [5.41, 5.74) is 2.84. The van der Waals surface area contributed by atoms with Gasteiger partial charge in [-0.1, -0.05) is 29.8 Å². The molecule has 2 heterocycles. The second-order valence-electron chi connectivity index (χ2n) is 5.72. The van der Waals surface area contributed by atoms with Gasteiger partial charge in [-0.3, -0.25) is 4.90 Å². The number of aryl methyl sites for hydroxylation is 1. The predicted molar refractivity (Wildman–Crippen MR) is 71.0 cm³/mol. The molecule has 1 N–H and O–H groups in total. The molecule has 92 valence electrons. The Bertz CT molecular complexity index is 390. The maximum atomic E-state index is 3.51. The molecule has 2 fully saturated rings. The molecule has 2 saturated heterocycles. The summed E-state index contributed by atoms with van der Waals surface area (Å²) in [7, 11) is 0. The van der Waals surface area contributed by atoms with Gasteiger partial charge in [-0.25, -0.2) is 0 Å². The van der Waals surface area contributed by atoms with Gasteiger partial charge in [-0.15, -0.1) is 0 Å². The van der Waals surface area contributed by atoms with E-state index in [4.69, 9.17) is 0 Å². The first-order valence-electron chi connectivity index (χ1n) is 6.75. The number of rotatable bonds is 2. The molecule has 2 aliphatic heterocycles. The minimum Gasteiger partial charge on any atom is -0.316 e. The van der Waals surface area contributed by atoms with E-state index in [-0.39, 0.29) is 0 Å². The third-order valence-corrected chi connectivity index (χ3v) is 4.49. The molecular weight excluding hydrogens is 208 g/mol. The number of nitrogens with one attached hydrogen (secondary N) is 1. The molecule has 0 bridgehead atoms. The predicted octanol–water partition coefficient (Wildman–Crippen LogP) is 2.21. The molecule has 3 atom stereocenters. The minimum atomic E-state index is 0.570. The Hall–Kier alpha value is -0.860. The van der Waals surface area contributed by atoms with E-state index in [1.165, 1.54) is 37.3 Å². The highest BCUT2D eigenvalue weighted by molar-refractivity contribution is 5.25. The van der Waals surface area contributed by atoms with Crippen molar-refractivity contribution >= 4 is 0 Å². The number of benzene rings is 1. The lowest BCUT2D eigenvalue weighted by molar-refractivity contribution is 0.244. The van der Waals surface area contributed by atoms with Crippen LogP contribution in [0.1, 0.15) is 24.1 Å². The van der Waals surface area contributed by atoms with Gasteiger partial charge >= 0.3 is 0 Å². The molecule has 0 saturated carbocycles. The Morgan fingerprint density at radius 1 is 1.24 bits per heavy atom. The van der Waals surface area contributed by atoms with Crippen molar-refractivity contribution in [1.82, 2.24) is 10.2 Å². The van der Waals surface area contributed by atoms with Gasteiger partial charge in [0.05, 0.1) is 0 Å². The molecule has 0 spiro atoms. The van der Waals surface area contributed by atoms with Gasteiger partial charge < -0.3 is 5.32 Å². The number of hydrogen-bond acceptors (Lipinski definition) is 2. The largest absolute Gasteiger partial charge is 0.316 e. The fraction of sp³-hybridized carbons (Fsp3) is 0.600. The summed E-state index contributed by atoms with van der Waals surface area (Å²) in [5.74, 6) is 1.78. The van der Waals surface area contributed by atoms with Gasteiger partial charge in [0.1, 0.15) is 0 Å². The SMILES string of the molecule is Cc1cccc(C(C)N2C[C@H]3CNC[C@H]3C2)c1. The molecule has 0 radical (unpaired) electrons. The van der Waals surface area contributed by atoms with Crippen molar-refractivity contribution in [2.75, 3.05) is 26.2 Å². The summed E-state index contributed by atoms with van der Waals surface area (Å²) in [6.07, 6.45) is 0. The van der Waals surface area contributed by atoms with Crippen molar-refractivity contribution in [3.05, 3.63) is 35.4 Å². The zero-order valence-electron chi connectivity index (χ0n) is 10.8. The van der Waals surface area contributed by atoms with Crippen LogP contribution < -0.4 is 5.32 Å². The molecule has 1 aromatic rings. The van der Waals surface area contributed by atoms with Crippen molar-refractivity contribution in [1.29, 1.82) is 0 Å². The Balaban J connectivity index is 1.73. The molecule has 1 unspecified atom stereocenters. The molecule has 2 aliphatic rings. The smallest absolute Gasteiger partial charge is 0.0320 e. The van der Waals surface area contributed by atoms with Gasteiger partial charge in [0.2, 0.25) is 0 Å². The summed E-state index contributed by atoms with van der Waals surface area (Å²) in [4.78, 5) is 2.66. The highest BCUT2D eigenvalue weighted by Crippen LogP contribution is 2.32. The van der Waals surface area contributed by atoms with E-state index >= 15 is 0 Å². The summed E-state index contributed by atoms with van der Waals surface area (Å²) >= 11 is 0. The standard InChI is InChI=1S/C15H22N2/c1-11-4-3-5-13(6-11)12(2)17-9-14-7-16-8-15(14)10-17/h3-6,12,14-16H,7-10H2,1-2H3/t12?,14-,15+. The third kappa shape index (κ3) is 2.12. The fourth-order valence-corrected chi connectivity index (χ4v) is 3.35. The van der Waals surface area contributed by atoms with E-state index in [0.29, 0.717) is 6.04 Å². The summed E-state index contributed by atoms with van der Waals surface area (Å²) in [6.45, 7) is 9.52. The van der Waals surface area contributed by atoms with Crippen LogP contribution in [0.3, 0.4) is 0 Å². The van der Waals surface area contributed by atoms with Crippen LogP contribution in [0.4, 0.5) is 0 Å². The fourth-order valence-electron chi connectivity index (χ4n) is 3.35. The summed E-state index contributed by atoms with van der Waals surface area (Å²) in [6, 6.07) is 9.53. The normalized spacial score (nSPS) is 30.5. The van der Waals surface area contributed by atoms with Crippen LogP contribution in [0.25, 0.3) is 0 Å². The molecule has 0 aliphatic carbocycles. The van der Waals surface area contributed by atoms with E-state index in [1.807, 2.05) is 0 Å². The first-order valence-corrected chi connectivity index (χ1v) is 6.75. The maximum absolute atomic E-state index is 3.51. The number of fused-ring (bicyclic) bond motifs is 1. The summed E-state index contributed by atoms with van der Waals surface area (Å²) < 4.78 is 0. The van der Waals surface area contributed by atoms with Gasteiger partial charge in [0, 0.05) is 19.1 Å². The molecule has 1 aromatic carbocycles. The van der Waals surface area contributed by atoms with Crippen molar-refractivity contribution in [2.24, 2.45) is 11.8 Å². The van der Waals surface area contributed by atoms with E-state index in [9.17, 15) is 0 Å². The van der Waals surface area contributed by atoms with Crippen LogP contribution in [-0.4, -0.2) is 31.1 Å². The van der Waals surface area contributed by atoms with E-state index in [1.54, 1.807) is 0 Å². The second-order valence-corrected chi connectivity index (χ2v) is 5.72. The van der Waals surface area contributed by atoms with E-state index < -0.39 is 0 Å². The lowest BCUT2D eigenvalue weighted by Crippen LogP contribution is -2.28. The molecule has 17 heavy (non-hydrogen) atoms. The van der Waals surface area contributed by atoms with Crippen LogP contribution in [0.2, 0.25) is 0 Å². The maximum Gasteiger partial charge on any atom is 0.0320 e. The molecule has 2 nitrogen and oxygen atoms in total. The zero-order valence-corrected chi connectivity index (χ0v) is 10.8. The van der Waals surface area contributed by atoms with Crippen LogP contribution in [-0.2, 0) is 0 Å². The molecular formula is C15H22N2. The first kappa shape index (κ1) is 11.2. The van der Waals surface area contributed by atoms with Crippen LogP contribution in [0, 0.1) is 18.8 Å². The lowest BCUT2D eigenvalue weighted by atomic mass is 10.0. The lowest BCUT2D eigenvalue weighted by Gasteiger charge is -2.25. The van der Waals surface area contributed by atoms with Crippen molar-refractivity contribution < 1.29 is 0 Å². The monoisotopic (exact) mass is 230 g/mol. The van der Waals surface area contributed by atoms with Crippen molar-refractivity contribution in [3.8, 4) is 0 Å². The highest BCUT2D eigenvalue weighted by atomic mass is 15.2. The van der Waals surface area contributed by atoms with E-state index in [0.717, 1.165) is 11.8 Å². The summed E-state index contributed by atoms with van der Waals surface area (Å²) in [5, 5.41) is 3.51. The minimum absolute atomic E-state index is 0.570. The topological polar surface area (TPSA) is 15.3 Å². The van der Waals surface area contributed by atoms with Gasteiger partial charge in [-0.2, -0.15) is 0 Å². The Morgan fingerprint density at radius 2 is 1.94 bits per heavy atom. The number of hydrogen-bond donors (Lipinski definition) is 1. The van der Waals surface area contributed by atoms with Gasteiger partial charge in [-0.05, 0) is 44.3 Å². The van der Waals surface area contributed by atoms with E-state index in [2.05, 4.69) is 48.3 Å². The second kappa shape index (κ2) is 4.43. The number of likely N-dealkylation sites (tertiary alicyclic amines) is 1.